The van der Waals surface area contributed by atoms with Crippen LogP contribution in [0.25, 0.3) is 10.7 Å². The summed E-state index contributed by atoms with van der Waals surface area (Å²) < 4.78 is 18.3. The summed E-state index contributed by atoms with van der Waals surface area (Å²) in [5.41, 5.74) is 0.844. The molecule has 3 heterocycles. The molecule has 3 aromatic rings. The molecule has 2 N–H and O–H groups in total. The first kappa shape index (κ1) is 22.4. The highest BCUT2D eigenvalue weighted by atomic mass is 32.2. The molecule has 0 bridgehead atoms. The number of aliphatic hydroxyl groups is 1. The molecule has 168 valence electrons. The number of nitrogens with zero attached hydrogens (tertiary/aromatic N) is 3. The molecule has 2 aromatic heterocycles. The molecule has 8 nitrogen and oxygen atoms in total. The Morgan fingerprint density at radius 1 is 1.38 bits per heavy atom. The van der Waals surface area contributed by atoms with Crippen LogP contribution in [-0.2, 0) is 11.2 Å². The van der Waals surface area contributed by atoms with E-state index in [-0.39, 0.29) is 17.8 Å². The summed E-state index contributed by atoms with van der Waals surface area (Å²) in [6.45, 7) is 0.558. The van der Waals surface area contributed by atoms with Crippen molar-refractivity contribution in [2.24, 2.45) is 0 Å². The van der Waals surface area contributed by atoms with Crippen molar-refractivity contribution in [1.29, 1.82) is 0 Å². The molecule has 0 aliphatic carbocycles. The topological polar surface area (TPSA) is 112 Å². The molecule has 0 radical (unpaired) electrons. The fourth-order valence-corrected chi connectivity index (χ4v) is 5.36. The third kappa shape index (κ3) is 5.72. The van der Waals surface area contributed by atoms with Crippen molar-refractivity contribution in [2.45, 2.75) is 35.7 Å². The van der Waals surface area contributed by atoms with E-state index in [1.165, 1.54) is 35.2 Å². The smallest absolute Gasteiger partial charge is 0.389 e. The van der Waals surface area contributed by atoms with Gasteiger partial charge in [-0.1, -0.05) is 41.2 Å². The van der Waals surface area contributed by atoms with Crippen molar-refractivity contribution in [3.63, 3.8) is 0 Å². The van der Waals surface area contributed by atoms with Gasteiger partial charge in [0.1, 0.15) is 5.82 Å². The van der Waals surface area contributed by atoms with E-state index in [2.05, 4.69) is 19.6 Å². The lowest BCUT2D eigenvalue weighted by Crippen LogP contribution is -2.33. The van der Waals surface area contributed by atoms with E-state index in [9.17, 15) is 19.1 Å². The number of halogens is 1. The number of amides is 1. The van der Waals surface area contributed by atoms with Crippen LogP contribution in [0.4, 0.5) is 4.39 Å². The zero-order valence-corrected chi connectivity index (χ0v) is 18.6. The molecule has 2 atom stereocenters. The number of aliphatic hydroxyl groups excluding tert-OH is 1. The number of carbonyl (C=O) groups excluding carboxylic acids is 1. The summed E-state index contributed by atoms with van der Waals surface area (Å²) in [5.74, 6) is 0.179. The number of rotatable bonds is 9. The summed E-state index contributed by atoms with van der Waals surface area (Å²) >= 11 is 2.90. The monoisotopic (exact) mass is 476 g/mol. The van der Waals surface area contributed by atoms with Crippen LogP contribution >= 0.6 is 23.1 Å². The number of carbonyl (C=O) groups is 1. The van der Waals surface area contributed by atoms with Gasteiger partial charge in [0.15, 0.2) is 10.2 Å². The third-order valence-electron chi connectivity index (χ3n) is 5.00. The number of aromatic nitrogens is 3. The average Bonchev–Trinajstić information content (AvgIpc) is 3.50. The Morgan fingerprint density at radius 2 is 2.19 bits per heavy atom. The number of nitrogens with one attached hydrogen (secondary N) is 1. The van der Waals surface area contributed by atoms with Crippen molar-refractivity contribution in [2.75, 3.05) is 12.3 Å². The first-order chi connectivity index (χ1) is 15.5. The van der Waals surface area contributed by atoms with Crippen LogP contribution in [-0.4, -0.2) is 55.5 Å². The van der Waals surface area contributed by atoms with Gasteiger partial charge < -0.3 is 10.0 Å². The maximum atomic E-state index is 13.0. The second-order valence-corrected chi connectivity index (χ2v) is 9.63. The summed E-state index contributed by atoms with van der Waals surface area (Å²) in [4.78, 5) is 32.7. The van der Waals surface area contributed by atoms with Crippen LogP contribution < -0.4 is 5.76 Å². The van der Waals surface area contributed by atoms with Gasteiger partial charge in [-0.05, 0) is 24.1 Å². The van der Waals surface area contributed by atoms with Crippen molar-refractivity contribution in [1.82, 2.24) is 20.0 Å². The Labute approximate surface area is 191 Å². The first-order valence-electron chi connectivity index (χ1n) is 10.0. The minimum Gasteiger partial charge on any atom is -0.389 e. The quantitative estimate of drug-likeness (QED) is 0.361. The molecule has 1 aliphatic heterocycles. The second-order valence-electron chi connectivity index (χ2n) is 7.26. The van der Waals surface area contributed by atoms with Crippen LogP contribution in [0.2, 0.25) is 0 Å². The number of H-pyrrole nitrogens is 1. The van der Waals surface area contributed by atoms with E-state index >= 15 is 0 Å². The Balaban J connectivity index is 1.28. The standard InChI is InChI=1S/C21H21FN4O4S2/c22-14-3-1-13(2-4-14)11-16(27)7-5-15-6-8-18(28)26(15)9-10-31-21-23-12-17(32-21)19-24-20(29)30-25-19/h1-5,7,12,15-16,27H,6,8-11H2,(H,24,25,29)/b7-5+/t15-,16+/m0/s1. The fourth-order valence-electron chi connectivity index (χ4n) is 3.43. The Morgan fingerprint density at radius 3 is 2.94 bits per heavy atom. The predicted molar refractivity (Wildman–Crippen MR) is 119 cm³/mol. The maximum Gasteiger partial charge on any atom is 0.439 e. The van der Waals surface area contributed by atoms with Crippen molar-refractivity contribution in [3.8, 4) is 10.7 Å². The number of aromatic amines is 1. The van der Waals surface area contributed by atoms with Crippen LogP contribution in [0.5, 0.6) is 0 Å². The van der Waals surface area contributed by atoms with Crippen molar-refractivity contribution < 1.29 is 18.8 Å². The van der Waals surface area contributed by atoms with E-state index in [4.69, 9.17) is 0 Å². The van der Waals surface area contributed by atoms with E-state index in [1.807, 2.05) is 11.0 Å². The van der Waals surface area contributed by atoms with E-state index in [1.54, 1.807) is 24.4 Å². The van der Waals surface area contributed by atoms with E-state index in [0.29, 0.717) is 42.3 Å². The number of likely N-dealkylation sites (tertiary alicyclic amines) is 1. The lowest BCUT2D eigenvalue weighted by atomic mass is 10.1. The average molecular weight is 477 g/mol. The van der Waals surface area contributed by atoms with Gasteiger partial charge in [0.2, 0.25) is 5.91 Å². The Kier molecular flexibility index (Phi) is 7.18. The van der Waals surface area contributed by atoms with Crippen LogP contribution in [0.3, 0.4) is 0 Å². The normalized spacial score (nSPS) is 17.5. The molecule has 1 aliphatic rings. The van der Waals surface area contributed by atoms with Gasteiger partial charge in [-0.25, -0.2) is 14.2 Å². The molecule has 11 heteroatoms. The molecule has 1 fully saturated rings. The van der Waals surface area contributed by atoms with E-state index < -0.39 is 11.9 Å². The minimum absolute atomic E-state index is 0.0574. The largest absolute Gasteiger partial charge is 0.439 e. The summed E-state index contributed by atoms with van der Waals surface area (Å²) in [6.07, 6.45) is 6.08. The maximum absolute atomic E-state index is 13.0. The molecule has 32 heavy (non-hydrogen) atoms. The summed E-state index contributed by atoms with van der Waals surface area (Å²) in [5, 5.41) is 13.9. The number of hydrogen-bond donors (Lipinski definition) is 2. The predicted octanol–water partition coefficient (Wildman–Crippen LogP) is 2.87. The SMILES string of the molecule is O=C1CC[C@H](/C=C/[C@@H](O)Cc2ccc(F)cc2)N1CCSc1ncc(-c2noc(=O)[nH]2)s1. The van der Waals surface area contributed by atoms with Gasteiger partial charge in [0.05, 0.1) is 23.2 Å². The Hall–Kier alpha value is -2.76. The number of thiazole rings is 1. The second kappa shape index (κ2) is 10.2. The number of benzene rings is 1. The van der Waals surface area contributed by atoms with Crippen LogP contribution in [0.15, 0.2) is 56.3 Å². The molecule has 0 spiro atoms. The van der Waals surface area contributed by atoms with Gasteiger partial charge in [0, 0.05) is 25.1 Å². The fraction of sp³-hybridized carbons (Fsp3) is 0.333. The Bertz CT molecular complexity index is 1140. The van der Waals surface area contributed by atoms with Gasteiger partial charge >= 0.3 is 5.76 Å². The molecule has 4 rings (SSSR count). The van der Waals surface area contributed by atoms with Gasteiger partial charge in [0.25, 0.3) is 0 Å². The molecule has 0 unspecified atom stereocenters. The minimum atomic E-state index is -0.705. The first-order valence-corrected chi connectivity index (χ1v) is 11.8. The van der Waals surface area contributed by atoms with Crippen LogP contribution in [0, 0.1) is 5.82 Å². The highest BCUT2D eigenvalue weighted by Crippen LogP contribution is 2.30. The third-order valence-corrected chi connectivity index (χ3v) is 7.15. The number of hydrogen-bond acceptors (Lipinski definition) is 8. The molecule has 1 amide bonds. The zero-order chi connectivity index (χ0) is 22.5. The van der Waals surface area contributed by atoms with Gasteiger partial charge in [-0.3, -0.25) is 14.3 Å². The van der Waals surface area contributed by atoms with E-state index in [0.717, 1.165) is 9.90 Å². The van der Waals surface area contributed by atoms with Gasteiger partial charge in [-0.15, -0.1) is 11.3 Å². The molecule has 0 saturated carbocycles. The lowest BCUT2D eigenvalue weighted by molar-refractivity contribution is -0.128. The molecular weight excluding hydrogens is 455 g/mol. The van der Waals surface area contributed by atoms with Crippen molar-refractivity contribution >= 4 is 29.0 Å². The van der Waals surface area contributed by atoms with Crippen molar-refractivity contribution in [3.05, 3.63) is 64.5 Å². The highest BCUT2D eigenvalue weighted by molar-refractivity contribution is 8.01. The molecule has 1 saturated heterocycles. The molecular formula is C21H21FN4O4S2. The van der Waals surface area contributed by atoms with Crippen LogP contribution in [0.1, 0.15) is 18.4 Å². The summed E-state index contributed by atoms with van der Waals surface area (Å²) in [6, 6.07) is 5.99. The highest BCUT2D eigenvalue weighted by Gasteiger charge is 2.28. The number of thioether (sulfide) groups is 1. The summed E-state index contributed by atoms with van der Waals surface area (Å²) in [7, 11) is 0. The zero-order valence-electron chi connectivity index (χ0n) is 16.9. The lowest BCUT2D eigenvalue weighted by Gasteiger charge is -2.22. The molecule has 1 aromatic carbocycles. The van der Waals surface area contributed by atoms with Gasteiger partial charge in [-0.2, -0.15) is 0 Å².